The number of halogens is 3. The molecule has 2 rings (SSSR count). The van der Waals surface area contributed by atoms with Crippen LogP contribution in [0.3, 0.4) is 0 Å². The highest BCUT2D eigenvalue weighted by Crippen LogP contribution is 2.35. The van der Waals surface area contributed by atoms with Crippen molar-refractivity contribution >= 4 is 56.0 Å². The standard InChI is InChI=1S/C10H6Cl3NO3S2/c11-8-1-6(15)5(3-14-8)4-19(16,17)7-2-9(12)18-10(7)13/h1-3H,4H2,(H,14,15). The molecule has 0 saturated heterocycles. The van der Waals surface area contributed by atoms with Gasteiger partial charge in [0.2, 0.25) is 0 Å². The van der Waals surface area contributed by atoms with Crippen molar-refractivity contribution in [3.05, 3.63) is 47.9 Å². The van der Waals surface area contributed by atoms with E-state index in [4.69, 9.17) is 34.8 Å². The summed E-state index contributed by atoms with van der Waals surface area (Å²) in [5.41, 5.74) is -0.368. The van der Waals surface area contributed by atoms with E-state index in [0.29, 0.717) is 0 Å². The molecule has 0 radical (unpaired) electrons. The minimum Gasteiger partial charge on any atom is -0.352 e. The van der Waals surface area contributed by atoms with Gasteiger partial charge in [-0.2, -0.15) is 0 Å². The second-order valence-corrected chi connectivity index (χ2v) is 8.27. The van der Waals surface area contributed by atoms with Crippen LogP contribution in [0.2, 0.25) is 13.8 Å². The summed E-state index contributed by atoms with van der Waals surface area (Å²) in [6.07, 6.45) is 1.27. The summed E-state index contributed by atoms with van der Waals surface area (Å²) in [7, 11) is -3.73. The molecule has 0 bridgehead atoms. The van der Waals surface area contributed by atoms with Gasteiger partial charge < -0.3 is 4.98 Å². The van der Waals surface area contributed by atoms with Crippen molar-refractivity contribution in [2.45, 2.75) is 10.6 Å². The summed E-state index contributed by atoms with van der Waals surface area (Å²) in [5.74, 6) is -0.466. The van der Waals surface area contributed by atoms with Crippen molar-refractivity contribution in [1.82, 2.24) is 4.98 Å². The SMILES string of the molecule is O=c1cc(Cl)[nH]cc1CS(=O)(=O)c1cc(Cl)sc1Cl. The number of sulfone groups is 1. The Hall–Kier alpha value is -0.530. The number of thiophene rings is 1. The molecule has 2 aromatic heterocycles. The summed E-state index contributed by atoms with van der Waals surface area (Å²) >= 11 is 18.1. The van der Waals surface area contributed by atoms with Crippen molar-refractivity contribution in [1.29, 1.82) is 0 Å². The molecule has 0 aromatic carbocycles. The van der Waals surface area contributed by atoms with Crippen LogP contribution in [0.4, 0.5) is 0 Å². The fraction of sp³-hybridized carbons (Fsp3) is 0.100. The van der Waals surface area contributed by atoms with E-state index < -0.39 is 21.0 Å². The first-order valence-electron chi connectivity index (χ1n) is 4.84. The number of pyridine rings is 1. The maximum Gasteiger partial charge on any atom is 0.187 e. The van der Waals surface area contributed by atoms with Crippen LogP contribution in [0.25, 0.3) is 0 Å². The van der Waals surface area contributed by atoms with Gasteiger partial charge in [-0.05, 0) is 6.07 Å². The van der Waals surface area contributed by atoms with Gasteiger partial charge in [0, 0.05) is 17.8 Å². The lowest BCUT2D eigenvalue weighted by atomic mass is 10.3. The van der Waals surface area contributed by atoms with Crippen LogP contribution < -0.4 is 5.43 Å². The molecule has 0 spiro atoms. The Kier molecular flexibility index (Phi) is 4.27. The third-order valence-corrected chi connectivity index (χ3v) is 5.89. The fourth-order valence-electron chi connectivity index (χ4n) is 1.41. The Labute approximate surface area is 127 Å². The zero-order valence-electron chi connectivity index (χ0n) is 9.11. The molecule has 0 aliphatic heterocycles. The molecule has 0 amide bonds. The van der Waals surface area contributed by atoms with Crippen molar-refractivity contribution in [3.8, 4) is 0 Å². The Bertz CT molecular complexity index is 780. The summed E-state index contributed by atoms with van der Waals surface area (Å²) in [5, 5.41) is 0.141. The zero-order valence-corrected chi connectivity index (χ0v) is 13.0. The second-order valence-electron chi connectivity index (χ2n) is 3.62. The largest absolute Gasteiger partial charge is 0.352 e. The molecule has 4 nitrogen and oxygen atoms in total. The maximum atomic E-state index is 12.2. The highest BCUT2D eigenvalue weighted by Gasteiger charge is 2.22. The van der Waals surface area contributed by atoms with Crippen molar-refractivity contribution in [3.63, 3.8) is 0 Å². The Morgan fingerprint density at radius 2 is 1.89 bits per heavy atom. The Balaban J connectivity index is 2.42. The highest BCUT2D eigenvalue weighted by molar-refractivity contribution is 7.91. The molecule has 2 aromatic rings. The zero-order chi connectivity index (χ0) is 14.2. The lowest BCUT2D eigenvalue weighted by Crippen LogP contribution is -2.14. The third kappa shape index (κ3) is 3.32. The summed E-state index contributed by atoms with van der Waals surface area (Å²) in [6.45, 7) is 0. The molecular weight excluding hydrogens is 353 g/mol. The number of hydrogen-bond donors (Lipinski definition) is 1. The van der Waals surface area contributed by atoms with Gasteiger partial charge in [0.25, 0.3) is 0 Å². The minimum absolute atomic E-state index is 0.0708. The molecule has 9 heteroatoms. The summed E-state index contributed by atoms with van der Waals surface area (Å²) in [6, 6.07) is 2.39. The molecule has 0 aliphatic rings. The first kappa shape index (κ1) is 14.9. The van der Waals surface area contributed by atoms with Crippen molar-refractivity contribution in [2.75, 3.05) is 0 Å². The van der Waals surface area contributed by atoms with Crippen molar-refractivity contribution < 1.29 is 8.42 Å². The van der Waals surface area contributed by atoms with E-state index in [0.717, 1.165) is 17.4 Å². The molecule has 0 fully saturated rings. The van der Waals surface area contributed by atoms with Gasteiger partial charge in [0.05, 0.1) is 15.0 Å². The minimum atomic E-state index is -3.73. The van der Waals surface area contributed by atoms with Crippen LogP contribution in [0.1, 0.15) is 5.56 Å². The maximum absolute atomic E-state index is 12.2. The molecule has 19 heavy (non-hydrogen) atoms. The molecule has 0 atom stereocenters. The summed E-state index contributed by atoms with van der Waals surface area (Å²) in [4.78, 5) is 14.1. The average molecular weight is 359 g/mol. The van der Waals surface area contributed by atoms with Crippen LogP contribution >= 0.6 is 46.1 Å². The van der Waals surface area contributed by atoms with Gasteiger partial charge >= 0.3 is 0 Å². The van der Waals surface area contributed by atoms with Crippen LogP contribution in [0, 0.1) is 0 Å². The predicted octanol–water partition coefficient (Wildman–Crippen LogP) is 3.37. The molecule has 2 heterocycles. The van der Waals surface area contributed by atoms with Crippen LogP contribution in [-0.2, 0) is 15.6 Å². The van der Waals surface area contributed by atoms with Crippen molar-refractivity contribution in [2.24, 2.45) is 0 Å². The van der Waals surface area contributed by atoms with Gasteiger partial charge in [0.1, 0.15) is 9.49 Å². The lowest BCUT2D eigenvalue weighted by Gasteiger charge is -2.02. The van der Waals surface area contributed by atoms with Crippen LogP contribution in [0.15, 0.2) is 28.0 Å². The first-order valence-corrected chi connectivity index (χ1v) is 8.44. The number of aromatic nitrogens is 1. The Morgan fingerprint density at radius 1 is 1.21 bits per heavy atom. The Morgan fingerprint density at radius 3 is 2.42 bits per heavy atom. The van der Waals surface area contributed by atoms with Gasteiger partial charge in [-0.25, -0.2) is 8.42 Å². The topological polar surface area (TPSA) is 67.0 Å². The van der Waals surface area contributed by atoms with E-state index in [1.165, 1.54) is 12.3 Å². The van der Waals surface area contributed by atoms with E-state index in [-0.39, 0.29) is 24.3 Å². The monoisotopic (exact) mass is 357 g/mol. The van der Waals surface area contributed by atoms with Gasteiger partial charge in [0.15, 0.2) is 15.3 Å². The van der Waals surface area contributed by atoms with Gasteiger partial charge in [-0.3, -0.25) is 4.79 Å². The lowest BCUT2D eigenvalue weighted by molar-refractivity contribution is 0.595. The first-order chi connectivity index (χ1) is 8.79. The number of H-pyrrole nitrogens is 1. The number of aromatic amines is 1. The van der Waals surface area contributed by atoms with E-state index in [2.05, 4.69) is 4.98 Å². The van der Waals surface area contributed by atoms with Crippen LogP contribution in [-0.4, -0.2) is 13.4 Å². The average Bonchev–Trinajstić information content (AvgIpc) is 2.63. The van der Waals surface area contributed by atoms with Gasteiger partial charge in [-0.1, -0.05) is 34.8 Å². The predicted molar refractivity (Wildman–Crippen MR) is 77.3 cm³/mol. The molecule has 0 aliphatic carbocycles. The summed E-state index contributed by atoms with van der Waals surface area (Å²) < 4.78 is 24.7. The highest BCUT2D eigenvalue weighted by atomic mass is 35.5. The van der Waals surface area contributed by atoms with Crippen LogP contribution in [0.5, 0.6) is 0 Å². The van der Waals surface area contributed by atoms with E-state index in [1.54, 1.807) is 0 Å². The molecule has 1 N–H and O–H groups in total. The second kappa shape index (κ2) is 5.46. The van der Waals surface area contributed by atoms with E-state index >= 15 is 0 Å². The molecule has 0 saturated carbocycles. The fourth-order valence-corrected chi connectivity index (χ4v) is 5.16. The number of nitrogens with one attached hydrogen (secondary N) is 1. The normalized spacial score (nSPS) is 11.7. The van der Waals surface area contributed by atoms with E-state index in [9.17, 15) is 13.2 Å². The third-order valence-electron chi connectivity index (χ3n) is 2.26. The number of rotatable bonds is 3. The van der Waals surface area contributed by atoms with Gasteiger partial charge in [-0.15, -0.1) is 11.3 Å². The molecular formula is C10H6Cl3NO3S2. The van der Waals surface area contributed by atoms with E-state index in [1.807, 2.05) is 0 Å². The smallest absolute Gasteiger partial charge is 0.187 e. The molecule has 0 unspecified atom stereocenters. The number of hydrogen-bond acceptors (Lipinski definition) is 4. The quantitative estimate of drug-likeness (QED) is 0.855. The molecule has 102 valence electrons.